The Hall–Kier alpha value is 0.543. The Labute approximate surface area is 132 Å². The van der Waals surface area contributed by atoms with Crippen LogP contribution in [-0.4, -0.2) is 19.5 Å². The van der Waals surface area contributed by atoms with Gasteiger partial charge in [-0.2, -0.15) is 20.3 Å². The molecular weight excluding hydrogens is 290 g/mol. The van der Waals surface area contributed by atoms with Crippen molar-refractivity contribution in [2.45, 2.75) is 65.4 Å². The zero-order chi connectivity index (χ0) is 13.2. The zero-order valence-corrected chi connectivity index (χ0v) is 16.0. The minimum Gasteiger partial charge on any atom is -0.356 e. The molecule has 0 spiro atoms. The maximum Gasteiger partial charge on any atom is 2.00 e. The Morgan fingerprint density at radius 3 is 2.53 bits per heavy atom. The van der Waals surface area contributed by atoms with Gasteiger partial charge in [0.05, 0.1) is 0 Å². The Morgan fingerprint density at radius 2 is 1.84 bits per heavy atom. The summed E-state index contributed by atoms with van der Waals surface area (Å²) in [6.45, 7) is 7.25. The molecule has 0 saturated heterocycles. The van der Waals surface area contributed by atoms with Crippen molar-refractivity contribution in [2.75, 3.05) is 13.4 Å². The normalized spacial score (nSPS) is 29.5. The van der Waals surface area contributed by atoms with Gasteiger partial charge in [0.1, 0.15) is 6.79 Å². The van der Waals surface area contributed by atoms with E-state index in [1.807, 2.05) is 27.2 Å². The number of hydrogen-bond acceptors (Lipinski definition) is 2. The van der Waals surface area contributed by atoms with Crippen molar-refractivity contribution in [1.29, 1.82) is 0 Å². The Kier molecular flexibility index (Phi) is 12.6. The molecule has 3 atom stereocenters. The summed E-state index contributed by atoms with van der Waals surface area (Å²) < 4.78 is 11.1. The molecule has 0 aliphatic heterocycles. The van der Waals surface area contributed by atoms with E-state index in [1.165, 1.54) is 38.5 Å². The van der Waals surface area contributed by atoms with Crippen molar-refractivity contribution in [2.24, 2.45) is 11.8 Å². The van der Waals surface area contributed by atoms with Crippen LogP contribution in [0.1, 0.15) is 59.3 Å². The van der Waals surface area contributed by atoms with Crippen molar-refractivity contribution in [3.63, 3.8) is 0 Å². The van der Waals surface area contributed by atoms with Gasteiger partial charge in [-0.1, -0.05) is 31.6 Å². The van der Waals surface area contributed by atoms with Gasteiger partial charge < -0.3 is 22.3 Å². The predicted octanol–water partition coefficient (Wildman–Crippen LogP) is 4.40. The van der Waals surface area contributed by atoms with E-state index in [0.717, 1.165) is 12.5 Å². The summed E-state index contributed by atoms with van der Waals surface area (Å²) in [6, 6.07) is 0. The number of fused-ring (bicyclic) bond motifs is 1. The minimum atomic E-state index is 0. The average Bonchev–Trinajstić information content (AvgIpc) is 2.40. The number of ether oxygens (including phenoxy) is 2. The van der Waals surface area contributed by atoms with Crippen molar-refractivity contribution in [1.82, 2.24) is 0 Å². The second-order valence-electron chi connectivity index (χ2n) is 5.33. The fourth-order valence-electron chi connectivity index (χ4n) is 3.05. The first-order valence-corrected chi connectivity index (χ1v) is 7.60. The van der Waals surface area contributed by atoms with E-state index >= 15 is 0 Å². The summed E-state index contributed by atoms with van der Waals surface area (Å²) in [6.07, 6.45) is 13.0. The third kappa shape index (κ3) is 7.20. The van der Waals surface area contributed by atoms with Gasteiger partial charge in [-0.15, -0.1) is 5.92 Å². The molecule has 2 nitrogen and oxygen atoms in total. The Bertz CT molecular complexity index is 197. The van der Waals surface area contributed by atoms with Gasteiger partial charge in [-0.05, 0) is 13.3 Å². The first kappa shape index (κ1) is 19.5. The van der Waals surface area contributed by atoms with Gasteiger partial charge in [0.2, 0.25) is 0 Å². The maximum absolute atomic E-state index is 5.84. The smallest absolute Gasteiger partial charge is 0.356 e. The maximum atomic E-state index is 5.84. The van der Waals surface area contributed by atoms with Crippen LogP contribution in [0, 0.1) is 24.7 Å². The third-order valence-electron chi connectivity index (χ3n) is 3.82. The molecule has 0 unspecified atom stereocenters. The molecule has 2 aliphatic carbocycles. The molecule has 0 amide bonds. The van der Waals surface area contributed by atoms with E-state index < -0.39 is 0 Å². The van der Waals surface area contributed by atoms with Gasteiger partial charge in [0, 0.05) is 12.7 Å². The van der Waals surface area contributed by atoms with Crippen molar-refractivity contribution < 1.29 is 29.0 Å². The molecule has 0 radical (unpaired) electrons. The summed E-state index contributed by atoms with van der Waals surface area (Å²) in [7, 11) is 0. The molecule has 0 aromatic carbocycles. The molecule has 2 aliphatic rings. The van der Waals surface area contributed by atoms with Crippen LogP contribution in [0.2, 0.25) is 0 Å². The summed E-state index contributed by atoms with van der Waals surface area (Å²) in [4.78, 5) is 0. The third-order valence-corrected chi connectivity index (χ3v) is 3.82. The van der Waals surface area contributed by atoms with E-state index in [4.69, 9.17) is 9.47 Å². The Morgan fingerprint density at radius 1 is 1.16 bits per heavy atom. The summed E-state index contributed by atoms with van der Waals surface area (Å²) in [5.74, 6) is 1.62. The summed E-state index contributed by atoms with van der Waals surface area (Å²) in [5.41, 5.74) is 0. The molecular formula is C16H30O2Zn. The summed E-state index contributed by atoms with van der Waals surface area (Å²) >= 11 is 0. The van der Waals surface area contributed by atoms with Gasteiger partial charge >= 0.3 is 19.5 Å². The average molecular weight is 320 g/mol. The minimum absolute atomic E-state index is 0. The van der Waals surface area contributed by atoms with E-state index in [0.29, 0.717) is 18.8 Å². The van der Waals surface area contributed by atoms with Crippen molar-refractivity contribution >= 4 is 0 Å². The molecule has 0 aromatic rings. The van der Waals surface area contributed by atoms with Crippen LogP contribution in [0.25, 0.3) is 0 Å². The standard InChI is InChI=1S/C13H23O2.C3H7.Zn/c1-2-14-10-15-13-9-5-7-11-6-3-4-8-12(11)13;1-3-2;/h8,11-13H,2-7,9-10H2,1H3;3H,1-2H3;/q2*-1;+2/t11-,12+,13+;;/m0../s1. The van der Waals surface area contributed by atoms with Gasteiger partial charge in [-0.3, -0.25) is 0 Å². The number of hydrogen-bond donors (Lipinski definition) is 0. The predicted molar refractivity (Wildman–Crippen MR) is 76.0 cm³/mol. The first-order chi connectivity index (χ1) is 8.83. The first-order valence-electron chi connectivity index (χ1n) is 7.60. The van der Waals surface area contributed by atoms with Gasteiger partial charge in [-0.25, -0.2) is 0 Å². The molecule has 0 aromatic heterocycles. The van der Waals surface area contributed by atoms with Crippen molar-refractivity contribution in [3.05, 3.63) is 12.8 Å². The number of rotatable bonds is 4. The molecule has 0 heterocycles. The topological polar surface area (TPSA) is 18.5 Å². The van der Waals surface area contributed by atoms with Crippen LogP contribution in [0.4, 0.5) is 0 Å². The van der Waals surface area contributed by atoms with Crippen LogP contribution in [-0.2, 0) is 29.0 Å². The second kappa shape index (κ2) is 12.3. The van der Waals surface area contributed by atoms with Crippen LogP contribution in [0.5, 0.6) is 0 Å². The van der Waals surface area contributed by atoms with Crippen molar-refractivity contribution in [3.8, 4) is 0 Å². The van der Waals surface area contributed by atoms with Gasteiger partial charge in [0.25, 0.3) is 0 Å². The van der Waals surface area contributed by atoms with Gasteiger partial charge in [0.15, 0.2) is 0 Å². The van der Waals surface area contributed by atoms with Crippen LogP contribution >= 0.6 is 0 Å². The molecule has 108 valence electrons. The largest absolute Gasteiger partial charge is 2.00 e. The van der Waals surface area contributed by atoms with Crippen LogP contribution in [0.3, 0.4) is 0 Å². The fourth-order valence-corrected chi connectivity index (χ4v) is 3.05. The molecule has 19 heavy (non-hydrogen) atoms. The second-order valence-corrected chi connectivity index (χ2v) is 5.33. The molecule has 2 rings (SSSR count). The van der Waals surface area contributed by atoms with E-state index in [9.17, 15) is 0 Å². The quantitative estimate of drug-likeness (QED) is 0.331. The molecule has 0 N–H and O–H groups in total. The van der Waals surface area contributed by atoms with E-state index in [2.05, 4.69) is 6.42 Å². The summed E-state index contributed by atoms with van der Waals surface area (Å²) in [5, 5.41) is 0. The molecule has 2 fully saturated rings. The monoisotopic (exact) mass is 318 g/mol. The van der Waals surface area contributed by atoms with Crippen LogP contribution in [0.15, 0.2) is 0 Å². The SMILES string of the molecule is CCOCO[C@@H]1CCC[C@@H]2CCC[CH-][C@H]21.C[CH-]C.[Zn+2]. The molecule has 0 bridgehead atoms. The van der Waals surface area contributed by atoms with E-state index in [-0.39, 0.29) is 19.5 Å². The van der Waals surface area contributed by atoms with Crippen LogP contribution < -0.4 is 0 Å². The molecule has 3 heteroatoms. The van der Waals surface area contributed by atoms with E-state index in [1.54, 1.807) is 0 Å². The molecule has 2 saturated carbocycles. The zero-order valence-electron chi connectivity index (χ0n) is 13.1. The Balaban J connectivity index is 0.000000742. The fraction of sp³-hybridized carbons (Fsp3) is 0.875.